The van der Waals surface area contributed by atoms with Gasteiger partial charge < -0.3 is 9.47 Å². The van der Waals surface area contributed by atoms with E-state index in [1.807, 2.05) is 0 Å². The Hall–Kier alpha value is -2.30. The van der Waals surface area contributed by atoms with E-state index in [0.29, 0.717) is 13.1 Å². The average molecular weight is 443 g/mol. The largest absolute Gasteiger partial charge is 0.495 e. The predicted octanol–water partition coefficient (Wildman–Crippen LogP) is 2.93. The molecule has 0 heterocycles. The Morgan fingerprint density at radius 1 is 0.931 bits per heavy atom. The van der Waals surface area contributed by atoms with E-state index in [1.165, 1.54) is 41.7 Å². The van der Waals surface area contributed by atoms with E-state index in [9.17, 15) is 16.8 Å². The molecule has 10 heteroatoms. The van der Waals surface area contributed by atoms with E-state index in [1.54, 1.807) is 32.9 Å². The molecule has 0 spiro atoms. The van der Waals surface area contributed by atoms with Crippen molar-refractivity contribution >= 4 is 25.7 Å². The molecule has 0 atom stereocenters. The predicted molar refractivity (Wildman–Crippen MR) is 112 cm³/mol. The van der Waals surface area contributed by atoms with Crippen LogP contribution in [-0.2, 0) is 20.0 Å². The fraction of sp³-hybridized carbons (Fsp3) is 0.368. The van der Waals surface area contributed by atoms with Gasteiger partial charge in [-0.15, -0.1) is 0 Å². The summed E-state index contributed by atoms with van der Waals surface area (Å²) in [6, 6.07) is 10.3. The lowest BCUT2D eigenvalue weighted by atomic mass is 10.3. The molecule has 160 valence electrons. The van der Waals surface area contributed by atoms with Crippen LogP contribution in [0.5, 0.6) is 11.5 Å². The summed E-state index contributed by atoms with van der Waals surface area (Å²) in [4.78, 5) is -0.0932. The second-order valence-corrected chi connectivity index (χ2v) is 9.53. The number of rotatable bonds is 10. The smallest absolute Gasteiger partial charge is 0.265 e. The SMILES string of the molecule is CCOc1ccc(S(=O)(=O)N(CC)CC)cc1NS(=O)(=O)c1ccccc1OC. The van der Waals surface area contributed by atoms with Crippen LogP contribution in [0.25, 0.3) is 0 Å². The highest BCUT2D eigenvalue weighted by Crippen LogP contribution is 2.32. The Balaban J connectivity index is 2.55. The number of hydrogen-bond donors (Lipinski definition) is 1. The number of para-hydroxylation sites is 1. The van der Waals surface area contributed by atoms with E-state index in [2.05, 4.69) is 4.72 Å². The highest BCUT2D eigenvalue weighted by Gasteiger charge is 2.25. The summed E-state index contributed by atoms with van der Waals surface area (Å²) < 4.78 is 65.9. The maximum atomic E-state index is 12.9. The molecular weight excluding hydrogens is 416 g/mol. The minimum atomic E-state index is -4.05. The topological polar surface area (TPSA) is 102 Å². The number of ether oxygens (including phenoxy) is 2. The molecule has 0 amide bonds. The monoisotopic (exact) mass is 442 g/mol. The molecule has 0 aliphatic carbocycles. The minimum Gasteiger partial charge on any atom is -0.495 e. The number of nitrogens with one attached hydrogen (secondary N) is 1. The number of anilines is 1. The van der Waals surface area contributed by atoms with Crippen LogP contribution in [-0.4, -0.2) is 47.9 Å². The quantitative estimate of drug-likeness (QED) is 0.607. The summed E-state index contributed by atoms with van der Waals surface area (Å²) in [5, 5.41) is 0. The lowest BCUT2D eigenvalue weighted by Gasteiger charge is -2.20. The summed E-state index contributed by atoms with van der Waals surface area (Å²) in [6.45, 7) is 6.11. The molecule has 0 saturated heterocycles. The van der Waals surface area contributed by atoms with Gasteiger partial charge in [-0.3, -0.25) is 4.72 Å². The van der Waals surface area contributed by atoms with Gasteiger partial charge >= 0.3 is 0 Å². The molecule has 2 rings (SSSR count). The van der Waals surface area contributed by atoms with Crippen LogP contribution in [0.15, 0.2) is 52.3 Å². The molecule has 0 aromatic heterocycles. The van der Waals surface area contributed by atoms with E-state index < -0.39 is 20.0 Å². The third kappa shape index (κ3) is 5.01. The number of nitrogens with zero attached hydrogens (tertiary/aromatic N) is 1. The van der Waals surface area contributed by atoms with Crippen molar-refractivity contribution in [2.24, 2.45) is 0 Å². The van der Waals surface area contributed by atoms with Crippen molar-refractivity contribution in [3.63, 3.8) is 0 Å². The van der Waals surface area contributed by atoms with Crippen LogP contribution in [0, 0.1) is 0 Å². The molecule has 0 bridgehead atoms. The molecule has 0 fully saturated rings. The zero-order chi connectivity index (χ0) is 21.7. The molecule has 8 nitrogen and oxygen atoms in total. The van der Waals surface area contributed by atoms with Gasteiger partial charge in [0.25, 0.3) is 10.0 Å². The average Bonchev–Trinajstić information content (AvgIpc) is 2.69. The van der Waals surface area contributed by atoms with Crippen LogP contribution < -0.4 is 14.2 Å². The zero-order valence-corrected chi connectivity index (χ0v) is 18.5. The zero-order valence-electron chi connectivity index (χ0n) is 16.9. The van der Waals surface area contributed by atoms with E-state index >= 15 is 0 Å². The van der Waals surface area contributed by atoms with Gasteiger partial charge in [-0.25, -0.2) is 16.8 Å². The maximum absolute atomic E-state index is 12.9. The summed E-state index contributed by atoms with van der Waals surface area (Å²) >= 11 is 0. The van der Waals surface area contributed by atoms with Gasteiger partial charge in [0.05, 0.1) is 24.3 Å². The fourth-order valence-corrected chi connectivity index (χ4v) is 5.50. The van der Waals surface area contributed by atoms with Gasteiger partial charge in [-0.2, -0.15) is 4.31 Å². The molecule has 2 aromatic carbocycles. The first-order valence-corrected chi connectivity index (χ1v) is 12.1. The first-order chi connectivity index (χ1) is 13.7. The van der Waals surface area contributed by atoms with Crippen molar-refractivity contribution in [1.82, 2.24) is 4.31 Å². The Kier molecular flexibility index (Phi) is 7.50. The van der Waals surface area contributed by atoms with Gasteiger partial charge in [0.15, 0.2) is 0 Å². The molecule has 29 heavy (non-hydrogen) atoms. The van der Waals surface area contributed by atoms with Gasteiger partial charge in [-0.1, -0.05) is 26.0 Å². The van der Waals surface area contributed by atoms with Gasteiger partial charge in [0.2, 0.25) is 10.0 Å². The fourth-order valence-electron chi connectivity index (χ4n) is 2.78. The first kappa shape index (κ1) is 23.0. The van der Waals surface area contributed by atoms with Crippen molar-refractivity contribution in [2.75, 3.05) is 31.5 Å². The first-order valence-electron chi connectivity index (χ1n) is 9.14. The Morgan fingerprint density at radius 3 is 2.17 bits per heavy atom. The van der Waals surface area contributed by atoms with Crippen LogP contribution in [0.2, 0.25) is 0 Å². The third-order valence-electron chi connectivity index (χ3n) is 4.20. The number of benzene rings is 2. The molecule has 0 radical (unpaired) electrons. The second-order valence-electron chi connectivity index (χ2n) is 5.94. The van der Waals surface area contributed by atoms with Crippen LogP contribution in [0.1, 0.15) is 20.8 Å². The van der Waals surface area contributed by atoms with E-state index in [-0.39, 0.29) is 33.6 Å². The van der Waals surface area contributed by atoms with Crippen molar-refractivity contribution in [1.29, 1.82) is 0 Å². The molecule has 0 aliphatic heterocycles. The molecular formula is C19H26N2O6S2. The summed E-state index contributed by atoms with van der Waals surface area (Å²) in [7, 11) is -6.45. The van der Waals surface area contributed by atoms with E-state index in [4.69, 9.17) is 9.47 Å². The van der Waals surface area contributed by atoms with Crippen LogP contribution in [0.3, 0.4) is 0 Å². The van der Waals surface area contributed by atoms with Gasteiger partial charge in [-0.05, 0) is 37.3 Å². The molecule has 0 saturated carbocycles. The molecule has 0 aliphatic rings. The highest BCUT2D eigenvalue weighted by atomic mass is 32.2. The third-order valence-corrected chi connectivity index (χ3v) is 7.65. The summed E-state index contributed by atoms with van der Waals surface area (Å²) in [5.41, 5.74) is 0.0333. The van der Waals surface area contributed by atoms with Crippen molar-refractivity contribution in [2.45, 2.75) is 30.6 Å². The number of sulfonamides is 2. The highest BCUT2D eigenvalue weighted by molar-refractivity contribution is 7.92. The summed E-state index contributed by atoms with van der Waals surface area (Å²) in [5.74, 6) is 0.398. The molecule has 2 aromatic rings. The lowest BCUT2D eigenvalue weighted by Crippen LogP contribution is -2.30. The number of methoxy groups -OCH3 is 1. The maximum Gasteiger partial charge on any atom is 0.265 e. The minimum absolute atomic E-state index is 0.0256. The van der Waals surface area contributed by atoms with Crippen LogP contribution in [0.4, 0.5) is 5.69 Å². The van der Waals surface area contributed by atoms with Crippen molar-refractivity contribution in [3.05, 3.63) is 42.5 Å². The Labute approximate surface area is 172 Å². The number of hydrogen-bond acceptors (Lipinski definition) is 6. The standard InChI is InChI=1S/C19H26N2O6S2/c1-5-21(6-2)29(24,25)15-12-13-17(27-7-3)16(14-15)20-28(22,23)19-11-9-8-10-18(19)26-4/h8-14,20H,5-7H2,1-4H3. The van der Waals surface area contributed by atoms with Gasteiger partial charge in [0, 0.05) is 13.1 Å². The van der Waals surface area contributed by atoms with Gasteiger partial charge in [0.1, 0.15) is 16.4 Å². The van der Waals surface area contributed by atoms with Crippen LogP contribution >= 0.6 is 0 Å². The van der Waals surface area contributed by atoms with Crippen molar-refractivity contribution < 1.29 is 26.3 Å². The van der Waals surface area contributed by atoms with Crippen molar-refractivity contribution in [3.8, 4) is 11.5 Å². The molecule has 1 N–H and O–H groups in total. The lowest BCUT2D eigenvalue weighted by molar-refractivity contribution is 0.341. The Morgan fingerprint density at radius 2 is 1.59 bits per heavy atom. The summed E-state index contributed by atoms with van der Waals surface area (Å²) in [6.07, 6.45) is 0. The van der Waals surface area contributed by atoms with E-state index in [0.717, 1.165) is 0 Å². The second kappa shape index (κ2) is 9.47. The molecule has 0 unspecified atom stereocenters. The Bertz CT molecular complexity index is 1050. The normalized spacial score (nSPS) is 12.0.